The summed E-state index contributed by atoms with van der Waals surface area (Å²) in [7, 11) is 0. The maximum atomic E-state index is 12.4. The molecule has 1 radical (unpaired) electrons. The van der Waals surface area contributed by atoms with Gasteiger partial charge in [-0.25, -0.2) is 0 Å². The molecule has 2 heteroatoms. The lowest BCUT2D eigenvalue weighted by atomic mass is 9.93. The number of benzene rings is 1. The third-order valence-corrected chi connectivity index (χ3v) is 4.56. The SMILES string of the molecule is CC(C)c1ccccc1C(=O)CCCCCN1CC[CH]CC1. The van der Waals surface area contributed by atoms with Crippen molar-refractivity contribution in [2.24, 2.45) is 0 Å². The molecule has 0 unspecified atom stereocenters. The number of unbranched alkanes of at least 4 members (excludes halogenated alkanes) is 2. The van der Waals surface area contributed by atoms with Crippen LogP contribution in [-0.4, -0.2) is 30.3 Å². The van der Waals surface area contributed by atoms with Crippen LogP contribution in [0.4, 0.5) is 0 Å². The number of likely N-dealkylation sites (tertiary alicyclic amines) is 1. The van der Waals surface area contributed by atoms with Gasteiger partial charge in [-0.2, -0.15) is 0 Å². The summed E-state index contributed by atoms with van der Waals surface area (Å²) in [5.74, 6) is 0.730. The highest BCUT2D eigenvalue weighted by molar-refractivity contribution is 5.97. The number of carbonyl (C=O) groups excluding carboxylic acids is 1. The fourth-order valence-corrected chi connectivity index (χ4v) is 3.21. The van der Waals surface area contributed by atoms with Gasteiger partial charge >= 0.3 is 0 Å². The van der Waals surface area contributed by atoms with Crippen LogP contribution in [0.3, 0.4) is 0 Å². The maximum absolute atomic E-state index is 12.4. The minimum atomic E-state index is 0.317. The van der Waals surface area contributed by atoms with Gasteiger partial charge in [-0.15, -0.1) is 0 Å². The van der Waals surface area contributed by atoms with Crippen molar-refractivity contribution in [2.45, 2.75) is 58.3 Å². The maximum Gasteiger partial charge on any atom is 0.163 e. The van der Waals surface area contributed by atoms with Gasteiger partial charge in [-0.1, -0.05) is 44.5 Å². The molecule has 0 aromatic heterocycles. The molecule has 1 aliphatic heterocycles. The molecule has 2 rings (SSSR count). The Kier molecular flexibility index (Phi) is 7.11. The third kappa shape index (κ3) is 5.24. The lowest BCUT2D eigenvalue weighted by Crippen LogP contribution is -2.30. The minimum Gasteiger partial charge on any atom is -0.303 e. The largest absolute Gasteiger partial charge is 0.303 e. The monoisotopic (exact) mass is 300 g/mol. The molecule has 1 heterocycles. The van der Waals surface area contributed by atoms with Crippen LogP contribution < -0.4 is 0 Å². The van der Waals surface area contributed by atoms with Crippen LogP contribution in [0.2, 0.25) is 0 Å². The number of Topliss-reactive ketones (excluding diaryl/α,β-unsaturated/α-hetero) is 1. The first-order valence-corrected chi connectivity index (χ1v) is 8.84. The normalized spacial score (nSPS) is 16.1. The topological polar surface area (TPSA) is 20.3 Å². The second kappa shape index (κ2) is 9.09. The zero-order valence-electron chi connectivity index (χ0n) is 14.2. The fraction of sp³-hybridized carbons (Fsp3) is 0.600. The van der Waals surface area contributed by atoms with Gasteiger partial charge in [-0.3, -0.25) is 4.79 Å². The molecule has 1 aromatic rings. The molecule has 0 amide bonds. The molecular formula is C20H30NO. The quantitative estimate of drug-likeness (QED) is 0.505. The van der Waals surface area contributed by atoms with Crippen LogP contribution in [-0.2, 0) is 0 Å². The molecule has 1 aliphatic rings. The summed E-state index contributed by atoms with van der Waals surface area (Å²) >= 11 is 0. The van der Waals surface area contributed by atoms with Gasteiger partial charge in [0.05, 0.1) is 0 Å². The number of hydrogen-bond donors (Lipinski definition) is 0. The Morgan fingerprint density at radius 1 is 1.09 bits per heavy atom. The van der Waals surface area contributed by atoms with E-state index in [1.165, 1.54) is 44.5 Å². The fourth-order valence-electron chi connectivity index (χ4n) is 3.21. The van der Waals surface area contributed by atoms with Gasteiger partial charge in [0.2, 0.25) is 0 Å². The van der Waals surface area contributed by atoms with E-state index in [1.54, 1.807) is 0 Å². The Bertz CT molecular complexity index is 461. The molecule has 0 spiro atoms. The highest BCUT2D eigenvalue weighted by Gasteiger charge is 2.13. The molecule has 0 atom stereocenters. The van der Waals surface area contributed by atoms with E-state index in [0.29, 0.717) is 18.1 Å². The van der Waals surface area contributed by atoms with Gasteiger partial charge in [0, 0.05) is 12.0 Å². The lowest BCUT2D eigenvalue weighted by Gasteiger charge is -2.26. The van der Waals surface area contributed by atoms with E-state index in [1.807, 2.05) is 18.2 Å². The summed E-state index contributed by atoms with van der Waals surface area (Å²) in [6.45, 7) is 7.95. The van der Waals surface area contributed by atoms with E-state index < -0.39 is 0 Å². The Balaban J connectivity index is 1.69. The first kappa shape index (κ1) is 17.2. The van der Waals surface area contributed by atoms with Gasteiger partial charge < -0.3 is 4.90 Å². The summed E-state index contributed by atoms with van der Waals surface area (Å²) in [4.78, 5) is 15.0. The Hall–Kier alpha value is -1.15. The molecule has 1 fully saturated rings. The van der Waals surface area contributed by atoms with Crippen LogP contribution in [0.15, 0.2) is 24.3 Å². The highest BCUT2D eigenvalue weighted by Crippen LogP contribution is 2.21. The summed E-state index contributed by atoms with van der Waals surface area (Å²) in [6.07, 6.45) is 8.97. The molecule has 0 aliphatic carbocycles. The van der Waals surface area contributed by atoms with Crippen LogP contribution in [0.25, 0.3) is 0 Å². The number of piperidine rings is 1. The molecular weight excluding hydrogens is 270 g/mol. The van der Waals surface area contributed by atoms with E-state index in [9.17, 15) is 4.79 Å². The van der Waals surface area contributed by atoms with Crippen molar-refractivity contribution in [3.05, 3.63) is 41.8 Å². The molecule has 0 N–H and O–H groups in total. The van der Waals surface area contributed by atoms with Crippen molar-refractivity contribution in [3.8, 4) is 0 Å². The van der Waals surface area contributed by atoms with Crippen molar-refractivity contribution in [2.75, 3.05) is 19.6 Å². The van der Waals surface area contributed by atoms with E-state index in [4.69, 9.17) is 0 Å². The number of nitrogens with zero attached hydrogens (tertiary/aromatic N) is 1. The summed E-state index contributed by atoms with van der Waals surface area (Å²) in [6, 6.07) is 8.09. The van der Waals surface area contributed by atoms with Gasteiger partial charge in [0.1, 0.15) is 0 Å². The average Bonchev–Trinajstić information content (AvgIpc) is 2.55. The molecule has 22 heavy (non-hydrogen) atoms. The molecule has 0 saturated carbocycles. The standard InChI is InChI=1S/C20H30NO/c1-17(2)18-11-6-7-12-19(18)20(22)13-5-3-8-14-21-15-9-4-10-16-21/h4,6-7,11-12,17H,3,5,8-10,13-16H2,1-2H3. The average molecular weight is 300 g/mol. The number of rotatable bonds is 8. The van der Waals surface area contributed by atoms with Crippen LogP contribution >= 0.6 is 0 Å². The Morgan fingerprint density at radius 2 is 1.82 bits per heavy atom. The summed E-state index contributed by atoms with van der Waals surface area (Å²) in [5.41, 5.74) is 2.13. The molecule has 1 aromatic carbocycles. The highest BCUT2D eigenvalue weighted by atomic mass is 16.1. The minimum absolute atomic E-state index is 0.317. The van der Waals surface area contributed by atoms with Crippen molar-refractivity contribution in [3.63, 3.8) is 0 Å². The predicted octanol–water partition coefficient (Wildman–Crippen LogP) is 4.85. The zero-order chi connectivity index (χ0) is 15.8. The number of carbonyl (C=O) groups is 1. The summed E-state index contributed by atoms with van der Waals surface area (Å²) < 4.78 is 0. The summed E-state index contributed by atoms with van der Waals surface area (Å²) in [5, 5.41) is 0. The van der Waals surface area contributed by atoms with E-state index in [2.05, 4.69) is 31.2 Å². The Labute approximate surface area is 135 Å². The van der Waals surface area contributed by atoms with E-state index >= 15 is 0 Å². The first-order valence-electron chi connectivity index (χ1n) is 8.84. The molecule has 1 saturated heterocycles. The van der Waals surface area contributed by atoms with Crippen LogP contribution in [0.5, 0.6) is 0 Å². The third-order valence-electron chi connectivity index (χ3n) is 4.56. The molecule has 2 nitrogen and oxygen atoms in total. The predicted molar refractivity (Wildman–Crippen MR) is 93.3 cm³/mol. The van der Waals surface area contributed by atoms with Gasteiger partial charge in [0.15, 0.2) is 5.78 Å². The van der Waals surface area contributed by atoms with Gasteiger partial charge in [-0.05, 0) is 63.2 Å². The smallest absolute Gasteiger partial charge is 0.163 e. The molecule has 0 bridgehead atoms. The van der Waals surface area contributed by atoms with Crippen LogP contribution in [0.1, 0.15) is 74.2 Å². The molecule has 121 valence electrons. The van der Waals surface area contributed by atoms with Crippen LogP contribution in [0, 0.1) is 6.42 Å². The lowest BCUT2D eigenvalue weighted by molar-refractivity contribution is 0.0977. The second-order valence-electron chi connectivity index (χ2n) is 6.68. The number of ketones is 1. The van der Waals surface area contributed by atoms with Crippen molar-refractivity contribution in [1.82, 2.24) is 4.90 Å². The van der Waals surface area contributed by atoms with Crippen molar-refractivity contribution >= 4 is 5.78 Å². The first-order chi connectivity index (χ1) is 10.7. The van der Waals surface area contributed by atoms with E-state index in [0.717, 1.165) is 18.4 Å². The van der Waals surface area contributed by atoms with E-state index in [-0.39, 0.29) is 0 Å². The van der Waals surface area contributed by atoms with Crippen molar-refractivity contribution in [1.29, 1.82) is 0 Å². The number of hydrogen-bond acceptors (Lipinski definition) is 2. The van der Waals surface area contributed by atoms with Crippen molar-refractivity contribution < 1.29 is 4.79 Å². The zero-order valence-corrected chi connectivity index (χ0v) is 14.2. The Morgan fingerprint density at radius 3 is 2.55 bits per heavy atom. The second-order valence-corrected chi connectivity index (χ2v) is 6.68. The van der Waals surface area contributed by atoms with Gasteiger partial charge in [0.25, 0.3) is 0 Å².